The molecule has 2 aliphatic rings. The number of nitrogens with zero attached hydrogens (tertiary/aromatic N) is 2. The Hall–Kier alpha value is -0.810. The Morgan fingerprint density at radius 1 is 1.30 bits per heavy atom. The van der Waals surface area contributed by atoms with E-state index in [-0.39, 0.29) is 5.60 Å². The highest BCUT2D eigenvalue weighted by Gasteiger charge is 2.34. The normalized spacial score (nSPS) is 25.0. The summed E-state index contributed by atoms with van der Waals surface area (Å²) >= 11 is 0. The summed E-state index contributed by atoms with van der Waals surface area (Å²) < 4.78 is 5.41. The first-order valence-electron chi connectivity index (χ1n) is 7.78. The molecule has 1 heterocycles. The SMILES string of the molecule is CN=C(NCC1CCN(C2CC2)C1)NCC(C)(C)OC. The van der Waals surface area contributed by atoms with Crippen LogP contribution in [0.5, 0.6) is 0 Å². The summed E-state index contributed by atoms with van der Waals surface area (Å²) in [5.74, 6) is 1.63. The van der Waals surface area contributed by atoms with Crippen molar-refractivity contribution in [2.75, 3.05) is 40.3 Å². The Balaban J connectivity index is 1.66. The van der Waals surface area contributed by atoms with Gasteiger partial charge in [0, 0.05) is 39.8 Å². The fourth-order valence-electron chi connectivity index (χ4n) is 2.63. The van der Waals surface area contributed by atoms with Gasteiger partial charge >= 0.3 is 0 Å². The van der Waals surface area contributed by atoms with Gasteiger partial charge in [0.1, 0.15) is 0 Å². The molecule has 116 valence electrons. The second-order valence-corrected chi connectivity index (χ2v) is 6.65. The molecule has 1 aliphatic carbocycles. The smallest absolute Gasteiger partial charge is 0.191 e. The number of likely N-dealkylation sites (tertiary alicyclic amines) is 1. The van der Waals surface area contributed by atoms with Crippen LogP contribution >= 0.6 is 0 Å². The maximum atomic E-state index is 5.41. The number of hydrogen-bond acceptors (Lipinski definition) is 3. The molecule has 5 nitrogen and oxygen atoms in total. The van der Waals surface area contributed by atoms with Crippen LogP contribution in [0.1, 0.15) is 33.1 Å². The highest BCUT2D eigenvalue weighted by molar-refractivity contribution is 5.79. The average molecular weight is 282 g/mol. The molecular weight excluding hydrogens is 252 g/mol. The van der Waals surface area contributed by atoms with Crippen LogP contribution in [0, 0.1) is 5.92 Å². The first kappa shape index (κ1) is 15.6. The molecule has 1 saturated carbocycles. The van der Waals surface area contributed by atoms with E-state index in [1.807, 2.05) is 7.05 Å². The van der Waals surface area contributed by atoms with Crippen molar-refractivity contribution in [2.45, 2.75) is 44.8 Å². The summed E-state index contributed by atoms with van der Waals surface area (Å²) in [6, 6.07) is 0.903. The zero-order chi connectivity index (χ0) is 14.6. The first-order chi connectivity index (χ1) is 9.54. The standard InChI is InChI=1S/C15H30N4O/c1-15(2,20-4)11-18-14(16-3)17-9-12-7-8-19(10-12)13-5-6-13/h12-13H,5-11H2,1-4H3,(H2,16,17,18). The monoisotopic (exact) mass is 282 g/mol. The molecule has 0 radical (unpaired) electrons. The Morgan fingerprint density at radius 2 is 2.05 bits per heavy atom. The zero-order valence-electron chi connectivity index (χ0n) is 13.4. The Kier molecular flexibility index (Phi) is 5.27. The van der Waals surface area contributed by atoms with Crippen LogP contribution in [0.2, 0.25) is 0 Å². The van der Waals surface area contributed by atoms with Gasteiger partial charge in [-0.05, 0) is 45.6 Å². The van der Waals surface area contributed by atoms with Crippen LogP contribution in [-0.2, 0) is 4.74 Å². The van der Waals surface area contributed by atoms with E-state index in [2.05, 4.69) is 34.4 Å². The lowest BCUT2D eigenvalue weighted by Crippen LogP contribution is -2.46. The van der Waals surface area contributed by atoms with E-state index in [1.54, 1.807) is 7.11 Å². The van der Waals surface area contributed by atoms with E-state index in [9.17, 15) is 0 Å². The van der Waals surface area contributed by atoms with E-state index in [4.69, 9.17) is 4.74 Å². The third-order valence-electron chi connectivity index (χ3n) is 4.40. The molecule has 0 bridgehead atoms. The Bertz CT molecular complexity index is 339. The lowest BCUT2D eigenvalue weighted by molar-refractivity contribution is 0.0268. The maximum Gasteiger partial charge on any atom is 0.191 e. The van der Waals surface area contributed by atoms with Crippen molar-refractivity contribution in [3.05, 3.63) is 0 Å². The number of nitrogens with one attached hydrogen (secondary N) is 2. The molecule has 0 amide bonds. The van der Waals surface area contributed by atoms with E-state index in [1.165, 1.54) is 32.4 Å². The van der Waals surface area contributed by atoms with Gasteiger partial charge in [-0.1, -0.05) is 0 Å². The maximum absolute atomic E-state index is 5.41. The topological polar surface area (TPSA) is 48.9 Å². The van der Waals surface area contributed by atoms with Gasteiger partial charge in [-0.3, -0.25) is 4.99 Å². The van der Waals surface area contributed by atoms with E-state index < -0.39 is 0 Å². The largest absolute Gasteiger partial charge is 0.377 e. The van der Waals surface area contributed by atoms with Gasteiger partial charge in [0.2, 0.25) is 0 Å². The van der Waals surface area contributed by atoms with Crippen LogP contribution in [-0.4, -0.2) is 62.8 Å². The van der Waals surface area contributed by atoms with Crippen molar-refractivity contribution in [1.82, 2.24) is 15.5 Å². The second-order valence-electron chi connectivity index (χ2n) is 6.65. The molecular formula is C15H30N4O. The van der Waals surface area contributed by atoms with Gasteiger partial charge in [-0.25, -0.2) is 0 Å². The van der Waals surface area contributed by atoms with Gasteiger partial charge in [0.05, 0.1) is 5.60 Å². The molecule has 1 unspecified atom stereocenters. The molecule has 20 heavy (non-hydrogen) atoms. The third-order valence-corrected chi connectivity index (χ3v) is 4.40. The van der Waals surface area contributed by atoms with Crippen molar-refractivity contribution in [1.29, 1.82) is 0 Å². The minimum absolute atomic E-state index is 0.173. The summed E-state index contributed by atoms with van der Waals surface area (Å²) in [6.07, 6.45) is 4.13. The van der Waals surface area contributed by atoms with E-state index in [0.29, 0.717) is 0 Å². The molecule has 0 aromatic heterocycles. The predicted molar refractivity (Wildman–Crippen MR) is 83.2 cm³/mol. The Labute approximate surface area is 123 Å². The summed E-state index contributed by atoms with van der Waals surface area (Å²) in [5, 5.41) is 6.78. The third kappa shape index (κ3) is 4.63. The summed E-state index contributed by atoms with van der Waals surface area (Å²) in [6.45, 7) is 8.42. The number of guanidine groups is 1. The van der Waals surface area contributed by atoms with Crippen molar-refractivity contribution >= 4 is 5.96 Å². The highest BCUT2D eigenvalue weighted by atomic mass is 16.5. The van der Waals surface area contributed by atoms with Crippen molar-refractivity contribution in [2.24, 2.45) is 10.9 Å². The van der Waals surface area contributed by atoms with Gasteiger partial charge < -0.3 is 20.3 Å². The van der Waals surface area contributed by atoms with Gasteiger partial charge in [-0.2, -0.15) is 0 Å². The zero-order valence-corrected chi connectivity index (χ0v) is 13.4. The van der Waals surface area contributed by atoms with E-state index in [0.717, 1.165) is 31.0 Å². The first-order valence-corrected chi connectivity index (χ1v) is 7.78. The number of hydrogen-bond donors (Lipinski definition) is 2. The minimum atomic E-state index is -0.173. The summed E-state index contributed by atoms with van der Waals surface area (Å²) in [4.78, 5) is 6.93. The number of ether oxygens (including phenoxy) is 1. The lowest BCUT2D eigenvalue weighted by atomic mass is 10.1. The van der Waals surface area contributed by atoms with Gasteiger partial charge in [0.15, 0.2) is 5.96 Å². The summed E-state index contributed by atoms with van der Waals surface area (Å²) in [7, 11) is 3.56. The van der Waals surface area contributed by atoms with Crippen LogP contribution < -0.4 is 10.6 Å². The Morgan fingerprint density at radius 3 is 2.65 bits per heavy atom. The average Bonchev–Trinajstić information content (AvgIpc) is 3.18. The number of methoxy groups -OCH3 is 1. The fraction of sp³-hybridized carbons (Fsp3) is 0.933. The predicted octanol–water partition coefficient (Wildman–Crippen LogP) is 1.06. The second kappa shape index (κ2) is 6.76. The molecule has 5 heteroatoms. The van der Waals surface area contributed by atoms with Crippen LogP contribution in [0.25, 0.3) is 0 Å². The highest BCUT2D eigenvalue weighted by Crippen LogP contribution is 2.31. The quantitative estimate of drug-likeness (QED) is 0.565. The number of aliphatic imine (C=N–C) groups is 1. The van der Waals surface area contributed by atoms with Gasteiger partial charge in [-0.15, -0.1) is 0 Å². The van der Waals surface area contributed by atoms with Gasteiger partial charge in [0.25, 0.3) is 0 Å². The molecule has 0 spiro atoms. The molecule has 2 fully saturated rings. The molecule has 0 aromatic carbocycles. The van der Waals surface area contributed by atoms with Crippen molar-refractivity contribution < 1.29 is 4.74 Å². The van der Waals surface area contributed by atoms with Crippen LogP contribution in [0.15, 0.2) is 4.99 Å². The van der Waals surface area contributed by atoms with Crippen LogP contribution in [0.3, 0.4) is 0 Å². The van der Waals surface area contributed by atoms with Crippen molar-refractivity contribution in [3.8, 4) is 0 Å². The molecule has 2 N–H and O–H groups in total. The molecule has 2 rings (SSSR count). The van der Waals surface area contributed by atoms with Crippen LogP contribution in [0.4, 0.5) is 0 Å². The van der Waals surface area contributed by atoms with Crippen molar-refractivity contribution in [3.63, 3.8) is 0 Å². The fourth-order valence-corrected chi connectivity index (χ4v) is 2.63. The summed E-state index contributed by atoms with van der Waals surface area (Å²) in [5.41, 5.74) is -0.173. The van der Waals surface area contributed by atoms with E-state index >= 15 is 0 Å². The minimum Gasteiger partial charge on any atom is -0.377 e. The molecule has 1 aliphatic heterocycles. The molecule has 1 atom stereocenters. The molecule has 0 aromatic rings. The molecule has 1 saturated heterocycles. The lowest BCUT2D eigenvalue weighted by Gasteiger charge is -2.25. The number of rotatable bonds is 6.